The summed E-state index contributed by atoms with van der Waals surface area (Å²) in [5.41, 5.74) is 7.12. The Labute approximate surface area is 132 Å². The van der Waals surface area contributed by atoms with Crippen molar-refractivity contribution in [2.75, 3.05) is 6.54 Å². The molecule has 1 aromatic rings. The fourth-order valence-electron chi connectivity index (χ4n) is 2.63. The molecule has 0 aromatic heterocycles. The van der Waals surface area contributed by atoms with Gasteiger partial charge in [0, 0.05) is 12.1 Å². The quantitative estimate of drug-likeness (QED) is 0.719. The molecule has 0 heterocycles. The van der Waals surface area contributed by atoms with Crippen LogP contribution in [0.2, 0.25) is 0 Å². The van der Waals surface area contributed by atoms with Crippen LogP contribution in [-0.2, 0) is 15.8 Å². The molecule has 0 saturated heterocycles. The molecule has 3 N–H and O–H groups in total. The van der Waals surface area contributed by atoms with Crippen LogP contribution in [0.25, 0.3) is 0 Å². The Balaban J connectivity index is 2.03. The van der Waals surface area contributed by atoms with E-state index < -0.39 is 10.0 Å². The zero-order valence-corrected chi connectivity index (χ0v) is 13.9. The standard InChI is InChI=1S/C15H22N2O2S2/c1-2-7-15(8-9-15)11-17-21(18,19)10-12-5-3-4-6-13(12)14(16)20/h3-6,17H,2,7-11H2,1H3,(H2,16,20). The average Bonchev–Trinajstić information content (AvgIpc) is 3.17. The molecule has 0 radical (unpaired) electrons. The predicted molar refractivity (Wildman–Crippen MR) is 89.5 cm³/mol. The van der Waals surface area contributed by atoms with Crippen molar-refractivity contribution >= 4 is 27.2 Å². The SMILES string of the molecule is CCCC1(CNS(=O)(=O)Cc2ccccc2C(N)=S)CC1. The number of hydrogen-bond donors (Lipinski definition) is 2. The highest BCUT2D eigenvalue weighted by atomic mass is 32.2. The Hall–Kier alpha value is -0.980. The van der Waals surface area contributed by atoms with Crippen molar-refractivity contribution in [2.24, 2.45) is 11.1 Å². The second-order valence-corrected chi connectivity index (χ2v) is 8.10. The Morgan fingerprint density at radius 1 is 1.38 bits per heavy atom. The number of nitrogens with two attached hydrogens (primary N) is 1. The first-order valence-corrected chi connectivity index (χ1v) is 9.29. The smallest absolute Gasteiger partial charge is 0.215 e. The predicted octanol–water partition coefficient (Wildman–Crippen LogP) is 2.32. The Morgan fingerprint density at radius 2 is 2.05 bits per heavy atom. The van der Waals surface area contributed by atoms with Crippen molar-refractivity contribution in [3.63, 3.8) is 0 Å². The first kappa shape index (κ1) is 16.4. The summed E-state index contributed by atoms with van der Waals surface area (Å²) in [6.45, 7) is 2.67. The number of sulfonamides is 1. The van der Waals surface area contributed by atoms with Crippen molar-refractivity contribution in [3.05, 3.63) is 35.4 Å². The Kier molecular flexibility index (Phi) is 5.01. The molecular formula is C15H22N2O2S2. The van der Waals surface area contributed by atoms with E-state index in [4.69, 9.17) is 18.0 Å². The second-order valence-electron chi connectivity index (χ2n) is 5.85. The van der Waals surface area contributed by atoms with Crippen molar-refractivity contribution < 1.29 is 8.42 Å². The summed E-state index contributed by atoms with van der Waals surface area (Å²) in [7, 11) is -3.37. The molecule has 0 spiro atoms. The van der Waals surface area contributed by atoms with Crippen molar-refractivity contribution in [1.29, 1.82) is 0 Å². The van der Waals surface area contributed by atoms with Crippen molar-refractivity contribution in [1.82, 2.24) is 4.72 Å². The van der Waals surface area contributed by atoms with E-state index in [1.54, 1.807) is 24.3 Å². The van der Waals surface area contributed by atoms with Gasteiger partial charge in [-0.2, -0.15) is 0 Å². The number of hydrogen-bond acceptors (Lipinski definition) is 3. The molecule has 1 aromatic carbocycles. The van der Waals surface area contributed by atoms with Gasteiger partial charge in [-0.15, -0.1) is 0 Å². The maximum Gasteiger partial charge on any atom is 0.215 e. The Bertz CT molecular complexity index is 622. The molecule has 0 aliphatic heterocycles. The zero-order valence-electron chi connectivity index (χ0n) is 12.3. The minimum atomic E-state index is -3.37. The van der Waals surface area contributed by atoms with Crippen LogP contribution in [0.3, 0.4) is 0 Å². The third-order valence-electron chi connectivity index (χ3n) is 4.03. The van der Waals surface area contributed by atoms with Crippen molar-refractivity contribution in [3.8, 4) is 0 Å². The highest BCUT2D eigenvalue weighted by molar-refractivity contribution is 7.88. The molecule has 0 atom stereocenters. The average molecular weight is 326 g/mol. The van der Waals surface area contributed by atoms with Crippen LogP contribution in [0.1, 0.15) is 43.7 Å². The maximum atomic E-state index is 12.3. The third-order valence-corrected chi connectivity index (χ3v) is 5.53. The first-order valence-electron chi connectivity index (χ1n) is 7.22. The Morgan fingerprint density at radius 3 is 2.62 bits per heavy atom. The molecule has 1 saturated carbocycles. The van der Waals surface area contributed by atoms with Crippen LogP contribution in [-0.4, -0.2) is 20.0 Å². The van der Waals surface area contributed by atoms with E-state index in [1.807, 2.05) is 0 Å². The lowest BCUT2D eigenvalue weighted by atomic mass is 10.0. The number of nitrogens with one attached hydrogen (secondary N) is 1. The minimum Gasteiger partial charge on any atom is -0.389 e. The monoisotopic (exact) mass is 326 g/mol. The molecule has 4 nitrogen and oxygen atoms in total. The lowest BCUT2D eigenvalue weighted by molar-refractivity contribution is 0.449. The number of rotatable bonds is 8. The van der Waals surface area contributed by atoms with Gasteiger partial charge in [-0.3, -0.25) is 0 Å². The molecule has 2 rings (SSSR count). The molecule has 0 unspecified atom stereocenters. The van der Waals surface area contributed by atoms with Gasteiger partial charge in [0.05, 0.1) is 5.75 Å². The van der Waals surface area contributed by atoms with Gasteiger partial charge in [0.15, 0.2) is 0 Å². The minimum absolute atomic E-state index is 0.0806. The summed E-state index contributed by atoms with van der Waals surface area (Å²) in [6.07, 6.45) is 4.41. The van der Waals surface area contributed by atoms with Crippen LogP contribution >= 0.6 is 12.2 Å². The van der Waals surface area contributed by atoms with Crippen LogP contribution in [0, 0.1) is 5.41 Å². The first-order chi connectivity index (χ1) is 9.87. The van der Waals surface area contributed by atoms with Gasteiger partial charge in [0.2, 0.25) is 10.0 Å². The van der Waals surface area contributed by atoms with E-state index in [0.717, 1.165) is 25.7 Å². The van der Waals surface area contributed by atoms with E-state index in [-0.39, 0.29) is 16.2 Å². The summed E-state index contributed by atoms with van der Waals surface area (Å²) < 4.78 is 27.3. The molecule has 6 heteroatoms. The fraction of sp³-hybridized carbons (Fsp3) is 0.533. The summed E-state index contributed by atoms with van der Waals surface area (Å²) in [6, 6.07) is 7.11. The molecule has 21 heavy (non-hydrogen) atoms. The molecule has 1 fully saturated rings. The molecular weight excluding hydrogens is 304 g/mol. The molecule has 0 amide bonds. The third kappa shape index (κ3) is 4.49. The molecule has 116 valence electrons. The van der Waals surface area contributed by atoms with Crippen LogP contribution < -0.4 is 10.5 Å². The zero-order chi connectivity index (χ0) is 15.5. The molecule has 1 aliphatic carbocycles. The number of benzene rings is 1. The molecule has 1 aliphatic rings. The van der Waals surface area contributed by atoms with E-state index in [1.165, 1.54) is 0 Å². The summed E-state index contributed by atoms with van der Waals surface area (Å²) >= 11 is 4.97. The van der Waals surface area contributed by atoms with Gasteiger partial charge in [0.1, 0.15) is 4.99 Å². The van der Waals surface area contributed by atoms with Gasteiger partial charge in [-0.25, -0.2) is 13.1 Å². The van der Waals surface area contributed by atoms with Gasteiger partial charge in [0.25, 0.3) is 0 Å². The topological polar surface area (TPSA) is 72.2 Å². The van der Waals surface area contributed by atoms with E-state index >= 15 is 0 Å². The van der Waals surface area contributed by atoms with Crippen LogP contribution in [0.15, 0.2) is 24.3 Å². The summed E-state index contributed by atoms with van der Waals surface area (Å²) in [5, 5.41) is 0. The summed E-state index contributed by atoms with van der Waals surface area (Å²) in [4.78, 5) is 0.227. The van der Waals surface area contributed by atoms with Crippen LogP contribution in [0.4, 0.5) is 0 Å². The molecule has 0 bridgehead atoms. The lowest BCUT2D eigenvalue weighted by Gasteiger charge is -2.16. The second kappa shape index (κ2) is 6.42. The van der Waals surface area contributed by atoms with E-state index in [2.05, 4.69) is 11.6 Å². The highest BCUT2D eigenvalue weighted by Crippen LogP contribution is 2.49. The number of thiocarbonyl (C=S) groups is 1. The van der Waals surface area contributed by atoms with Crippen molar-refractivity contribution in [2.45, 2.75) is 38.4 Å². The van der Waals surface area contributed by atoms with E-state index in [0.29, 0.717) is 17.7 Å². The normalized spacial score (nSPS) is 16.6. The maximum absolute atomic E-state index is 12.3. The largest absolute Gasteiger partial charge is 0.389 e. The van der Waals surface area contributed by atoms with E-state index in [9.17, 15) is 8.42 Å². The van der Waals surface area contributed by atoms with Gasteiger partial charge in [-0.05, 0) is 30.2 Å². The lowest BCUT2D eigenvalue weighted by Crippen LogP contribution is -2.31. The van der Waals surface area contributed by atoms with Gasteiger partial charge in [-0.1, -0.05) is 49.8 Å². The summed E-state index contributed by atoms with van der Waals surface area (Å²) in [5.74, 6) is -0.0806. The van der Waals surface area contributed by atoms with Gasteiger partial charge >= 0.3 is 0 Å². The highest BCUT2D eigenvalue weighted by Gasteiger charge is 2.41. The van der Waals surface area contributed by atoms with Crippen LogP contribution in [0.5, 0.6) is 0 Å². The van der Waals surface area contributed by atoms with Gasteiger partial charge < -0.3 is 5.73 Å². The fourth-order valence-corrected chi connectivity index (χ4v) is 4.12.